The number of aromatic nitrogens is 1. The van der Waals surface area contributed by atoms with Gasteiger partial charge in [-0.15, -0.1) is 0 Å². The van der Waals surface area contributed by atoms with Crippen LogP contribution < -0.4 is 20.1 Å². The van der Waals surface area contributed by atoms with Crippen LogP contribution in [0.1, 0.15) is 21.8 Å². The summed E-state index contributed by atoms with van der Waals surface area (Å²) in [6.45, 7) is -3.71. The van der Waals surface area contributed by atoms with Crippen LogP contribution in [0, 0.1) is 11.8 Å². The van der Waals surface area contributed by atoms with E-state index in [1.54, 1.807) is 18.2 Å². The molecule has 2 aliphatic rings. The minimum atomic E-state index is -4.54. The second-order valence-corrected chi connectivity index (χ2v) is 11.3. The third kappa shape index (κ3) is 5.84. The fourth-order valence-corrected chi connectivity index (χ4v) is 6.20. The van der Waals surface area contributed by atoms with Gasteiger partial charge in [-0.25, -0.2) is 17.5 Å². The van der Waals surface area contributed by atoms with Crippen LogP contribution in [0.25, 0.3) is 10.9 Å². The summed E-state index contributed by atoms with van der Waals surface area (Å²) in [5.41, 5.74) is 1.78. The number of hydrogen-bond donors (Lipinski definition) is 3. The minimum Gasteiger partial charge on any atom is -0.495 e. The number of methoxy groups -OCH3 is 1. The van der Waals surface area contributed by atoms with E-state index in [9.17, 15) is 26.0 Å². The molecule has 1 saturated heterocycles. The summed E-state index contributed by atoms with van der Waals surface area (Å²) in [4.78, 5) is 1.21. The molecule has 1 fully saturated rings. The third-order valence-corrected chi connectivity index (χ3v) is 8.36. The van der Waals surface area contributed by atoms with E-state index in [0.717, 1.165) is 9.47 Å². The highest BCUT2D eigenvalue weighted by molar-refractivity contribution is 7.89. The van der Waals surface area contributed by atoms with Crippen LogP contribution in [0.3, 0.4) is 0 Å². The van der Waals surface area contributed by atoms with Crippen molar-refractivity contribution in [3.05, 3.63) is 47.7 Å². The Kier molecular flexibility index (Phi) is 6.59. The summed E-state index contributed by atoms with van der Waals surface area (Å²) < 4.78 is 111. The molecule has 2 aromatic carbocycles. The van der Waals surface area contributed by atoms with Gasteiger partial charge in [0, 0.05) is 40.9 Å². The third-order valence-electron chi connectivity index (χ3n) is 6.87. The van der Waals surface area contributed by atoms with Gasteiger partial charge in [-0.05, 0) is 49.1 Å². The molecule has 0 aliphatic carbocycles. The van der Waals surface area contributed by atoms with Crippen molar-refractivity contribution in [2.45, 2.75) is 42.8 Å². The lowest BCUT2D eigenvalue weighted by molar-refractivity contribution is -0.140. The van der Waals surface area contributed by atoms with Gasteiger partial charge < -0.3 is 24.8 Å². The Morgan fingerprint density at radius 2 is 2.08 bits per heavy atom. The molecule has 3 aromatic rings. The van der Waals surface area contributed by atoms with E-state index in [1.807, 2.05) is 0 Å². The normalized spacial score (nSPS) is 22.0. The maximum atomic E-state index is 15.0. The van der Waals surface area contributed by atoms with Crippen molar-refractivity contribution >= 4 is 32.3 Å². The lowest BCUT2D eigenvalue weighted by Gasteiger charge is -2.33. The van der Waals surface area contributed by atoms with E-state index in [1.165, 1.54) is 25.3 Å². The molecule has 2 aliphatic heterocycles. The van der Waals surface area contributed by atoms with E-state index in [4.69, 9.17) is 8.85 Å². The molecule has 8 nitrogen and oxygen atoms in total. The number of rotatable bonds is 6. The van der Waals surface area contributed by atoms with Crippen molar-refractivity contribution in [2.75, 3.05) is 44.4 Å². The zero-order chi connectivity index (χ0) is 31.2. The van der Waals surface area contributed by atoms with Crippen molar-refractivity contribution in [3.63, 3.8) is 0 Å². The van der Waals surface area contributed by atoms with E-state index in [2.05, 4.69) is 27.2 Å². The standard InChI is InChI=1S/C27H29F4N5O3S/c1-35-10-8-22(20(28)15-35)34-21-6-3-7-24-19(21)12-18(36(24)16-27(29,30)31)5-4-9-32-23-11-17-14-33-40(37,38)26(17)13-25(23)39-2/h3,6-7,11-13,20,22,32-34H,8-10,14-16H2,1-2H3/t20-,22+/m0/s1/i1D3. The zero-order valence-corrected chi connectivity index (χ0v) is 22.2. The number of anilines is 2. The first-order valence-corrected chi connectivity index (χ1v) is 13.9. The highest BCUT2D eigenvalue weighted by Gasteiger charge is 2.31. The molecule has 13 heteroatoms. The number of nitrogens with zero attached hydrogens (tertiary/aromatic N) is 2. The van der Waals surface area contributed by atoms with Crippen molar-refractivity contribution in [2.24, 2.45) is 0 Å². The highest BCUT2D eigenvalue weighted by Crippen LogP contribution is 2.34. The Labute approximate surface area is 233 Å². The molecule has 40 heavy (non-hydrogen) atoms. The molecule has 1 aromatic heterocycles. The van der Waals surface area contributed by atoms with Gasteiger partial charge >= 0.3 is 6.18 Å². The first-order valence-electron chi connectivity index (χ1n) is 13.9. The summed E-state index contributed by atoms with van der Waals surface area (Å²) in [7, 11) is -2.22. The number of benzene rings is 2. The first kappa shape index (κ1) is 24.3. The van der Waals surface area contributed by atoms with Gasteiger partial charge in [0.2, 0.25) is 10.0 Å². The van der Waals surface area contributed by atoms with Crippen LogP contribution >= 0.6 is 0 Å². The Morgan fingerprint density at radius 1 is 1.25 bits per heavy atom. The number of likely N-dealkylation sites (tertiary alicyclic amines) is 1. The van der Waals surface area contributed by atoms with Crippen molar-refractivity contribution < 1.29 is 34.8 Å². The second-order valence-electron chi connectivity index (χ2n) is 9.61. The average Bonchev–Trinajstić information content (AvgIpc) is 3.41. The van der Waals surface area contributed by atoms with Crippen LogP contribution in [0.5, 0.6) is 5.75 Å². The molecule has 3 heterocycles. The van der Waals surface area contributed by atoms with Gasteiger partial charge in [0.05, 0.1) is 41.5 Å². The topological polar surface area (TPSA) is 87.6 Å². The molecule has 5 rings (SSSR count). The maximum Gasteiger partial charge on any atom is 0.406 e. The number of ether oxygens (including phenoxy) is 1. The average molecular weight is 583 g/mol. The second kappa shape index (κ2) is 10.8. The van der Waals surface area contributed by atoms with Gasteiger partial charge in [0.15, 0.2) is 0 Å². The Hall–Kier alpha value is -3.47. The molecular weight excluding hydrogens is 550 g/mol. The largest absolute Gasteiger partial charge is 0.495 e. The van der Waals surface area contributed by atoms with Gasteiger partial charge in [-0.2, -0.15) is 13.2 Å². The number of piperidine rings is 1. The van der Waals surface area contributed by atoms with Crippen LogP contribution in [0.2, 0.25) is 0 Å². The molecule has 214 valence electrons. The first-order chi connectivity index (χ1) is 20.2. The molecule has 0 spiro atoms. The predicted molar refractivity (Wildman–Crippen MR) is 145 cm³/mol. The molecule has 3 N–H and O–H groups in total. The van der Waals surface area contributed by atoms with E-state index in [-0.39, 0.29) is 54.5 Å². The van der Waals surface area contributed by atoms with Crippen molar-refractivity contribution in [1.29, 1.82) is 0 Å². The molecule has 0 bridgehead atoms. The minimum absolute atomic E-state index is 0.0135. The predicted octanol–water partition coefficient (Wildman–Crippen LogP) is 3.92. The van der Waals surface area contributed by atoms with Gasteiger partial charge in [0.25, 0.3) is 0 Å². The lowest BCUT2D eigenvalue weighted by Crippen LogP contribution is -2.46. The van der Waals surface area contributed by atoms with Gasteiger partial charge in [-0.1, -0.05) is 12.0 Å². The van der Waals surface area contributed by atoms with Crippen molar-refractivity contribution in [1.82, 2.24) is 14.2 Å². The zero-order valence-electron chi connectivity index (χ0n) is 24.4. The number of sulfonamides is 1. The lowest BCUT2D eigenvalue weighted by atomic mass is 10.0. The van der Waals surface area contributed by atoms with Gasteiger partial charge in [-0.3, -0.25) is 0 Å². The number of fused-ring (bicyclic) bond motifs is 2. The molecule has 0 radical (unpaired) electrons. The van der Waals surface area contributed by atoms with Crippen molar-refractivity contribution in [3.8, 4) is 17.6 Å². The number of alkyl halides is 4. The Morgan fingerprint density at radius 3 is 2.80 bits per heavy atom. The SMILES string of the molecule is [2H]C([2H])([2H])N1CC[C@@H](Nc2cccc3c2cc(C#CCNc2cc4c(cc2OC)S(=O)(=O)NC4)n3CC(F)(F)F)[C@@H](F)C1. The Balaban J connectivity index is 1.39. The molecule has 0 saturated carbocycles. The molecule has 2 atom stereocenters. The van der Waals surface area contributed by atoms with Crippen LogP contribution in [0.15, 0.2) is 41.3 Å². The number of halogens is 4. The monoisotopic (exact) mass is 582 g/mol. The summed E-state index contributed by atoms with van der Waals surface area (Å²) in [6, 6.07) is 8.53. The molecular formula is C27H29F4N5O3S. The molecule has 0 unspecified atom stereocenters. The van der Waals surface area contributed by atoms with E-state index >= 15 is 0 Å². The number of hydrogen-bond acceptors (Lipinski definition) is 6. The van der Waals surface area contributed by atoms with Crippen LogP contribution in [0.4, 0.5) is 28.9 Å². The summed E-state index contributed by atoms with van der Waals surface area (Å²) in [5, 5.41) is 6.52. The van der Waals surface area contributed by atoms with E-state index < -0.39 is 41.9 Å². The maximum absolute atomic E-state index is 15.0. The Bertz CT molecular complexity index is 1700. The number of nitrogens with one attached hydrogen (secondary N) is 3. The molecule has 0 amide bonds. The fraction of sp³-hybridized carbons (Fsp3) is 0.407. The smallest absolute Gasteiger partial charge is 0.406 e. The van der Waals surface area contributed by atoms with Crippen LogP contribution in [-0.4, -0.2) is 70.0 Å². The fourth-order valence-electron chi connectivity index (χ4n) is 4.96. The van der Waals surface area contributed by atoms with Crippen LogP contribution in [-0.2, 0) is 23.1 Å². The van der Waals surface area contributed by atoms with Gasteiger partial charge in [0.1, 0.15) is 18.5 Å². The van der Waals surface area contributed by atoms with E-state index in [0.29, 0.717) is 22.3 Å². The summed E-state index contributed by atoms with van der Waals surface area (Å²) in [5.74, 6) is 5.88. The summed E-state index contributed by atoms with van der Waals surface area (Å²) in [6.07, 6.45) is -5.84. The quantitative estimate of drug-likeness (QED) is 0.302. The highest BCUT2D eigenvalue weighted by atomic mass is 32.2. The summed E-state index contributed by atoms with van der Waals surface area (Å²) >= 11 is 0.